The van der Waals surface area contributed by atoms with Crippen molar-refractivity contribution in [1.29, 1.82) is 0 Å². The Morgan fingerprint density at radius 1 is 1.29 bits per heavy atom. The van der Waals surface area contributed by atoms with E-state index in [2.05, 4.69) is 12.2 Å². The molecule has 0 fully saturated rings. The second-order valence-electron chi connectivity index (χ2n) is 4.49. The first-order valence-electron chi connectivity index (χ1n) is 6.89. The second kappa shape index (κ2) is 8.24. The Morgan fingerprint density at radius 3 is 2.57 bits per heavy atom. The summed E-state index contributed by atoms with van der Waals surface area (Å²) >= 11 is 0. The lowest BCUT2D eigenvalue weighted by Crippen LogP contribution is -2.25. The van der Waals surface area contributed by atoms with Crippen LogP contribution in [0.3, 0.4) is 0 Å². The molecule has 0 aromatic heterocycles. The third kappa shape index (κ3) is 5.55. The molecule has 0 spiro atoms. The molecule has 7 heteroatoms. The number of nitrogens with one attached hydrogen (secondary N) is 1. The molecule has 0 aliphatic heterocycles. The van der Waals surface area contributed by atoms with E-state index >= 15 is 0 Å². The Bertz CT molecular complexity index is 587. The van der Waals surface area contributed by atoms with E-state index in [0.29, 0.717) is 18.9 Å². The predicted molar refractivity (Wildman–Crippen MR) is 82.5 cm³/mol. The lowest BCUT2D eigenvalue weighted by Gasteiger charge is -2.11. The first kappa shape index (κ1) is 17.8. The number of unbranched alkanes of at least 4 members (excludes halogenated alkanes) is 2. The zero-order valence-electron chi connectivity index (χ0n) is 12.2. The van der Waals surface area contributed by atoms with Gasteiger partial charge in [-0.15, -0.1) is 0 Å². The quantitative estimate of drug-likeness (QED) is 0.586. The fourth-order valence-electron chi connectivity index (χ4n) is 1.79. The lowest BCUT2D eigenvalue weighted by molar-refractivity contribution is 0.0949. The van der Waals surface area contributed by atoms with Gasteiger partial charge in [0, 0.05) is 17.2 Å². The smallest absolute Gasteiger partial charge is 0.261 e. The van der Waals surface area contributed by atoms with E-state index < -0.39 is 9.05 Å². The highest BCUT2D eigenvalue weighted by Gasteiger charge is 2.18. The molecule has 0 bridgehead atoms. The number of hydrogen-bond donors (Lipinski definition) is 1. The van der Waals surface area contributed by atoms with E-state index in [4.69, 9.17) is 15.4 Å². The molecule has 0 saturated carbocycles. The van der Waals surface area contributed by atoms with E-state index in [9.17, 15) is 13.2 Å². The number of benzene rings is 1. The SMILES string of the molecule is CCCCCNC(=O)c1cc(S(=O)(=O)Cl)ccc1OCC. The molecule has 0 saturated heterocycles. The van der Waals surface area contributed by atoms with Gasteiger partial charge in [-0.05, 0) is 31.5 Å². The summed E-state index contributed by atoms with van der Waals surface area (Å²) in [5.41, 5.74) is 0.176. The van der Waals surface area contributed by atoms with Gasteiger partial charge in [-0.2, -0.15) is 0 Å². The molecular weight excluding hydrogens is 314 g/mol. The molecule has 1 aromatic rings. The van der Waals surface area contributed by atoms with Crippen LogP contribution in [0.15, 0.2) is 23.1 Å². The predicted octanol–water partition coefficient (Wildman–Crippen LogP) is 2.93. The van der Waals surface area contributed by atoms with Crippen molar-refractivity contribution in [1.82, 2.24) is 5.32 Å². The molecule has 1 rings (SSSR count). The van der Waals surface area contributed by atoms with Crippen molar-refractivity contribution in [3.05, 3.63) is 23.8 Å². The molecule has 0 atom stereocenters. The number of carbonyl (C=O) groups is 1. The molecule has 118 valence electrons. The van der Waals surface area contributed by atoms with Crippen molar-refractivity contribution in [2.45, 2.75) is 38.0 Å². The fourth-order valence-corrected chi connectivity index (χ4v) is 2.57. The van der Waals surface area contributed by atoms with Crippen LogP contribution in [0, 0.1) is 0 Å². The zero-order valence-corrected chi connectivity index (χ0v) is 13.8. The largest absolute Gasteiger partial charge is 0.493 e. The molecule has 1 aromatic carbocycles. The van der Waals surface area contributed by atoms with E-state index in [0.717, 1.165) is 19.3 Å². The van der Waals surface area contributed by atoms with Crippen LogP contribution in [0.4, 0.5) is 0 Å². The Labute approximate surface area is 130 Å². The molecule has 0 radical (unpaired) electrons. The standard InChI is InChI=1S/C14H20ClNO4S/c1-3-5-6-9-16-14(17)12-10-11(21(15,18)19)7-8-13(12)20-4-2/h7-8,10H,3-6,9H2,1-2H3,(H,16,17). The minimum Gasteiger partial charge on any atom is -0.493 e. The van der Waals surface area contributed by atoms with Crippen LogP contribution in [0.25, 0.3) is 0 Å². The summed E-state index contributed by atoms with van der Waals surface area (Å²) in [5, 5.41) is 2.75. The van der Waals surface area contributed by atoms with Crippen LogP contribution in [-0.2, 0) is 9.05 Å². The van der Waals surface area contributed by atoms with Crippen molar-refractivity contribution in [3.63, 3.8) is 0 Å². The zero-order chi connectivity index (χ0) is 15.9. The molecule has 21 heavy (non-hydrogen) atoms. The van der Waals surface area contributed by atoms with E-state index in [1.54, 1.807) is 6.92 Å². The molecule has 0 heterocycles. The highest BCUT2D eigenvalue weighted by atomic mass is 35.7. The van der Waals surface area contributed by atoms with Gasteiger partial charge in [-0.1, -0.05) is 19.8 Å². The molecule has 1 amide bonds. The fraction of sp³-hybridized carbons (Fsp3) is 0.500. The monoisotopic (exact) mass is 333 g/mol. The maximum atomic E-state index is 12.2. The highest BCUT2D eigenvalue weighted by Crippen LogP contribution is 2.24. The number of amides is 1. The third-order valence-corrected chi connectivity index (χ3v) is 4.19. The Morgan fingerprint density at radius 2 is 2.00 bits per heavy atom. The van der Waals surface area contributed by atoms with Crippen molar-refractivity contribution < 1.29 is 17.9 Å². The lowest BCUT2D eigenvalue weighted by atomic mass is 10.2. The molecular formula is C14H20ClNO4S. The van der Waals surface area contributed by atoms with Gasteiger partial charge >= 0.3 is 0 Å². The van der Waals surface area contributed by atoms with E-state index in [-0.39, 0.29) is 16.4 Å². The van der Waals surface area contributed by atoms with Crippen LogP contribution < -0.4 is 10.1 Å². The Hall–Kier alpha value is -1.27. The number of rotatable bonds is 8. The summed E-state index contributed by atoms with van der Waals surface area (Å²) in [7, 11) is 1.43. The first-order chi connectivity index (χ1) is 9.90. The average molecular weight is 334 g/mol. The molecule has 0 aliphatic rings. The Kier molecular flexibility index (Phi) is 6.98. The summed E-state index contributed by atoms with van der Waals surface area (Å²) < 4.78 is 28.1. The average Bonchev–Trinajstić information content (AvgIpc) is 2.43. The summed E-state index contributed by atoms with van der Waals surface area (Å²) in [6.45, 7) is 4.78. The molecule has 0 aliphatic carbocycles. The van der Waals surface area contributed by atoms with Crippen molar-refractivity contribution in [2.75, 3.05) is 13.2 Å². The van der Waals surface area contributed by atoms with Crippen molar-refractivity contribution in [2.24, 2.45) is 0 Å². The van der Waals surface area contributed by atoms with Crippen LogP contribution in [0.2, 0.25) is 0 Å². The number of ether oxygens (including phenoxy) is 1. The summed E-state index contributed by atoms with van der Waals surface area (Å²) in [6.07, 6.45) is 2.95. The van der Waals surface area contributed by atoms with Gasteiger partial charge in [0.25, 0.3) is 15.0 Å². The molecule has 5 nitrogen and oxygen atoms in total. The minimum absolute atomic E-state index is 0.119. The van der Waals surface area contributed by atoms with E-state index in [1.807, 2.05) is 0 Å². The van der Waals surface area contributed by atoms with Gasteiger partial charge in [0.15, 0.2) is 0 Å². The number of halogens is 1. The maximum Gasteiger partial charge on any atom is 0.261 e. The maximum absolute atomic E-state index is 12.2. The third-order valence-electron chi connectivity index (χ3n) is 2.84. The normalized spacial score (nSPS) is 11.2. The van der Waals surface area contributed by atoms with Gasteiger partial charge in [0.2, 0.25) is 0 Å². The summed E-state index contributed by atoms with van der Waals surface area (Å²) in [4.78, 5) is 12.0. The van der Waals surface area contributed by atoms with Gasteiger partial charge < -0.3 is 10.1 Å². The minimum atomic E-state index is -3.88. The van der Waals surface area contributed by atoms with Crippen molar-refractivity contribution in [3.8, 4) is 5.75 Å². The van der Waals surface area contributed by atoms with Crippen molar-refractivity contribution >= 4 is 25.6 Å². The summed E-state index contributed by atoms with van der Waals surface area (Å²) in [5.74, 6) is -0.0220. The van der Waals surface area contributed by atoms with Crippen LogP contribution in [-0.4, -0.2) is 27.5 Å². The highest BCUT2D eigenvalue weighted by molar-refractivity contribution is 8.13. The topological polar surface area (TPSA) is 72.5 Å². The van der Waals surface area contributed by atoms with Crippen LogP contribution in [0.5, 0.6) is 5.75 Å². The number of hydrogen-bond acceptors (Lipinski definition) is 4. The molecule has 1 N–H and O–H groups in total. The second-order valence-corrected chi connectivity index (χ2v) is 7.06. The molecule has 0 unspecified atom stereocenters. The van der Waals surface area contributed by atoms with Gasteiger partial charge in [0.05, 0.1) is 17.1 Å². The van der Waals surface area contributed by atoms with Gasteiger partial charge in [-0.3, -0.25) is 4.79 Å². The van der Waals surface area contributed by atoms with Gasteiger partial charge in [-0.25, -0.2) is 8.42 Å². The van der Waals surface area contributed by atoms with Crippen LogP contribution >= 0.6 is 10.7 Å². The van der Waals surface area contributed by atoms with E-state index in [1.165, 1.54) is 18.2 Å². The van der Waals surface area contributed by atoms with Crippen LogP contribution in [0.1, 0.15) is 43.5 Å². The van der Waals surface area contributed by atoms with Gasteiger partial charge in [0.1, 0.15) is 5.75 Å². The Balaban J connectivity index is 2.97. The number of carbonyl (C=O) groups excluding carboxylic acids is 1. The summed E-state index contributed by atoms with van der Waals surface area (Å²) in [6, 6.07) is 4.00. The first-order valence-corrected chi connectivity index (χ1v) is 9.20.